The number of nitrogens with one attached hydrogen (secondary N) is 1. The number of benzene rings is 2. The molecule has 1 aliphatic heterocycles. The van der Waals surface area contributed by atoms with Crippen molar-refractivity contribution >= 4 is 48.9 Å². The summed E-state index contributed by atoms with van der Waals surface area (Å²) in [6, 6.07) is 7.59. The summed E-state index contributed by atoms with van der Waals surface area (Å²) in [5.41, 5.74) is 2.92. The fraction of sp³-hybridized carbons (Fsp3) is 0.250. The van der Waals surface area contributed by atoms with E-state index in [0.29, 0.717) is 16.7 Å². The van der Waals surface area contributed by atoms with E-state index in [1.165, 1.54) is 0 Å². The van der Waals surface area contributed by atoms with Gasteiger partial charge < -0.3 is 14.5 Å². The lowest BCUT2D eigenvalue weighted by atomic mass is 9.88. The van der Waals surface area contributed by atoms with Crippen molar-refractivity contribution in [3.8, 4) is 5.75 Å². The molecule has 0 unspecified atom stereocenters. The zero-order valence-corrected chi connectivity index (χ0v) is 16.1. The van der Waals surface area contributed by atoms with Crippen LogP contribution in [-0.2, 0) is 0 Å². The largest absolute Gasteiger partial charge is 0.495 e. The van der Waals surface area contributed by atoms with Crippen molar-refractivity contribution in [3.63, 3.8) is 0 Å². The Labute approximate surface area is 153 Å². The number of allylic oxidation sites excluding steroid dienone is 1. The van der Waals surface area contributed by atoms with E-state index in [-0.39, 0.29) is 11.2 Å². The Kier molecular flexibility index (Phi) is 3.48. The second-order valence-electron chi connectivity index (χ2n) is 6.93. The zero-order valence-electron chi connectivity index (χ0n) is 14.5. The Morgan fingerprint density at radius 1 is 1.16 bits per heavy atom. The first-order valence-corrected chi connectivity index (χ1v) is 8.86. The smallest absolute Gasteiger partial charge is 0.344 e. The molecule has 25 heavy (non-hydrogen) atoms. The Balaban J connectivity index is 2.22. The van der Waals surface area contributed by atoms with Crippen LogP contribution in [0.4, 0.5) is 5.69 Å². The topological polar surface area (TPSA) is 51.5 Å². The molecule has 1 aliphatic rings. The van der Waals surface area contributed by atoms with E-state index in [1.807, 2.05) is 25.1 Å². The highest BCUT2D eigenvalue weighted by molar-refractivity contribution is 9.10. The number of fused-ring (bicyclic) bond motifs is 5. The first-order valence-electron chi connectivity index (χ1n) is 8.06. The third kappa shape index (κ3) is 2.37. The van der Waals surface area contributed by atoms with Crippen LogP contribution in [0, 0.1) is 0 Å². The maximum atomic E-state index is 12.8. The number of methoxy groups -OCH3 is 1. The van der Waals surface area contributed by atoms with E-state index in [4.69, 9.17) is 9.15 Å². The maximum absolute atomic E-state index is 12.8. The molecule has 4 rings (SSSR count). The third-order valence-corrected chi connectivity index (χ3v) is 5.21. The number of hydrogen-bond acceptors (Lipinski definition) is 4. The van der Waals surface area contributed by atoms with Gasteiger partial charge in [-0.05, 0) is 60.5 Å². The summed E-state index contributed by atoms with van der Waals surface area (Å²) in [4.78, 5) is 12.8. The van der Waals surface area contributed by atoms with E-state index in [9.17, 15) is 4.79 Å². The number of ether oxygens (including phenoxy) is 1. The summed E-state index contributed by atoms with van der Waals surface area (Å²) in [7, 11) is 1.62. The summed E-state index contributed by atoms with van der Waals surface area (Å²) < 4.78 is 12.0. The average molecular weight is 400 g/mol. The molecule has 0 spiro atoms. The van der Waals surface area contributed by atoms with E-state index >= 15 is 0 Å². The van der Waals surface area contributed by atoms with Crippen molar-refractivity contribution in [2.45, 2.75) is 26.3 Å². The monoisotopic (exact) mass is 399 g/mol. The second kappa shape index (κ2) is 5.36. The van der Waals surface area contributed by atoms with Crippen LogP contribution in [0.5, 0.6) is 5.75 Å². The fourth-order valence-electron chi connectivity index (χ4n) is 3.76. The second-order valence-corrected chi connectivity index (χ2v) is 7.78. The number of halogens is 1. The van der Waals surface area contributed by atoms with Crippen LogP contribution in [0.15, 0.2) is 44.0 Å². The maximum Gasteiger partial charge on any atom is 0.344 e. The SMILES string of the molecule is COc1c(Br)ccc2oc(=O)c3c4c(ccc3c12)NC(C)(C)C=C4C. The molecule has 0 aliphatic carbocycles. The van der Waals surface area contributed by atoms with Crippen molar-refractivity contribution in [1.82, 2.24) is 0 Å². The lowest BCUT2D eigenvalue weighted by molar-refractivity contribution is 0.416. The Morgan fingerprint density at radius 2 is 1.92 bits per heavy atom. The normalized spacial score (nSPS) is 15.6. The molecule has 0 atom stereocenters. The molecule has 2 aromatic carbocycles. The Morgan fingerprint density at radius 3 is 2.64 bits per heavy atom. The van der Waals surface area contributed by atoms with Crippen LogP contribution in [0.2, 0.25) is 0 Å². The summed E-state index contributed by atoms with van der Waals surface area (Å²) in [6.45, 7) is 6.24. The molecule has 0 saturated heterocycles. The standard InChI is InChI=1S/C20H18BrNO3/c1-10-9-20(2,3)22-13-7-5-11-16-14(8-6-12(21)18(16)24-4)25-19(23)17(11)15(10)13/h5-9,22H,1-4H3. The van der Waals surface area contributed by atoms with Gasteiger partial charge in [0.25, 0.3) is 0 Å². The van der Waals surface area contributed by atoms with Crippen molar-refractivity contribution in [3.05, 3.63) is 50.8 Å². The van der Waals surface area contributed by atoms with Crippen LogP contribution >= 0.6 is 15.9 Å². The molecule has 1 N–H and O–H groups in total. The minimum absolute atomic E-state index is 0.164. The summed E-state index contributed by atoms with van der Waals surface area (Å²) in [5, 5.41) is 5.69. The van der Waals surface area contributed by atoms with Gasteiger partial charge in [0.1, 0.15) is 11.3 Å². The zero-order chi connectivity index (χ0) is 17.9. The molecule has 5 heteroatoms. The first-order chi connectivity index (χ1) is 11.8. The highest BCUT2D eigenvalue weighted by atomic mass is 79.9. The third-order valence-electron chi connectivity index (χ3n) is 4.59. The van der Waals surface area contributed by atoms with E-state index in [0.717, 1.165) is 32.1 Å². The van der Waals surface area contributed by atoms with Gasteiger partial charge in [-0.3, -0.25) is 0 Å². The molecule has 3 aromatic rings. The highest BCUT2D eigenvalue weighted by Crippen LogP contribution is 2.42. The molecule has 128 valence electrons. The molecule has 0 fully saturated rings. The van der Waals surface area contributed by atoms with Crippen LogP contribution in [0.1, 0.15) is 26.3 Å². The molecular formula is C20H18BrNO3. The molecule has 4 nitrogen and oxygen atoms in total. The van der Waals surface area contributed by atoms with Crippen molar-refractivity contribution in [1.29, 1.82) is 0 Å². The lowest BCUT2D eigenvalue weighted by Gasteiger charge is -2.32. The molecule has 0 saturated carbocycles. The van der Waals surface area contributed by atoms with E-state index in [1.54, 1.807) is 13.2 Å². The van der Waals surface area contributed by atoms with Crippen LogP contribution in [0.25, 0.3) is 27.3 Å². The van der Waals surface area contributed by atoms with Crippen molar-refractivity contribution in [2.24, 2.45) is 0 Å². The first kappa shape index (κ1) is 16.2. The highest BCUT2D eigenvalue weighted by Gasteiger charge is 2.26. The average Bonchev–Trinajstić information content (AvgIpc) is 2.53. The molecule has 2 heterocycles. The minimum atomic E-state index is -0.335. The molecule has 0 radical (unpaired) electrons. The van der Waals surface area contributed by atoms with Gasteiger partial charge in [-0.1, -0.05) is 12.1 Å². The minimum Gasteiger partial charge on any atom is -0.495 e. The Bertz CT molecular complexity index is 1130. The van der Waals surface area contributed by atoms with E-state index < -0.39 is 0 Å². The molecular weight excluding hydrogens is 382 g/mol. The number of anilines is 1. The Hall–Kier alpha value is -2.27. The number of rotatable bonds is 1. The van der Waals surface area contributed by atoms with Crippen LogP contribution in [0.3, 0.4) is 0 Å². The molecule has 0 amide bonds. The molecule has 1 aromatic heterocycles. The summed E-state index contributed by atoms with van der Waals surface area (Å²) in [6.07, 6.45) is 2.14. The summed E-state index contributed by atoms with van der Waals surface area (Å²) >= 11 is 3.51. The van der Waals surface area contributed by atoms with E-state index in [2.05, 4.69) is 41.2 Å². The van der Waals surface area contributed by atoms with Gasteiger partial charge in [0, 0.05) is 16.6 Å². The summed E-state index contributed by atoms with van der Waals surface area (Å²) in [5.74, 6) is 0.664. The van der Waals surface area contributed by atoms with Gasteiger partial charge in [-0.15, -0.1) is 0 Å². The predicted octanol–water partition coefficient (Wildman–Crippen LogP) is 5.32. The lowest BCUT2D eigenvalue weighted by Crippen LogP contribution is -2.31. The van der Waals surface area contributed by atoms with Crippen LogP contribution in [-0.4, -0.2) is 12.6 Å². The van der Waals surface area contributed by atoms with Crippen molar-refractivity contribution in [2.75, 3.05) is 12.4 Å². The fourth-order valence-corrected chi connectivity index (χ4v) is 4.26. The van der Waals surface area contributed by atoms with Gasteiger partial charge in [-0.25, -0.2) is 4.79 Å². The predicted molar refractivity (Wildman–Crippen MR) is 106 cm³/mol. The van der Waals surface area contributed by atoms with Gasteiger partial charge >= 0.3 is 5.63 Å². The number of hydrogen-bond donors (Lipinski definition) is 1. The van der Waals surface area contributed by atoms with Gasteiger partial charge in [-0.2, -0.15) is 0 Å². The quantitative estimate of drug-likeness (QED) is 0.444. The van der Waals surface area contributed by atoms with Gasteiger partial charge in [0.05, 0.1) is 27.9 Å². The van der Waals surface area contributed by atoms with Gasteiger partial charge in [0.15, 0.2) is 0 Å². The van der Waals surface area contributed by atoms with Crippen LogP contribution < -0.4 is 15.7 Å². The molecule has 0 bridgehead atoms. The van der Waals surface area contributed by atoms with Crippen molar-refractivity contribution < 1.29 is 9.15 Å². The van der Waals surface area contributed by atoms with Gasteiger partial charge in [0.2, 0.25) is 0 Å².